The second kappa shape index (κ2) is 8.03. The Hall–Kier alpha value is -3.57. The van der Waals surface area contributed by atoms with Gasteiger partial charge in [-0.3, -0.25) is 4.79 Å². The van der Waals surface area contributed by atoms with Crippen molar-refractivity contribution in [3.8, 4) is 16.9 Å². The van der Waals surface area contributed by atoms with E-state index in [9.17, 15) is 4.79 Å². The summed E-state index contributed by atoms with van der Waals surface area (Å²) in [6.07, 6.45) is 1.74. The van der Waals surface area contributed by atoms with E-state index in [4.69, 9.17) is 14.9 Å². The minimum Gasteiger partial charge on any atom is -0.492 e. The molecule has 34 heavy (non-hydrogen) atoms. The van der Waals surface area contributed by atoms with Gasteiger partial charge in [-0.2, -0.15) is 0 Å². The Balaban J connectivity index is 1.24. The first-order chi connectivity index (χ1) is 16.6. The van der Waals surface area contributed by atoms with E-state index in [1.165, 1.54) is 5.56 Å². The van der Waals surface area contributed by atoms with Crippen molar-refractivity contribution >= 4 is 16.9 Å². The Kier molecular flexibility index (Phi) is 4.96. The van der Waals surface area contributed by atoms with Crippen molar-refractivity contribution in [3.05, 3.63) is 89.2 Å². The maximum atomic E-state index is 13.5. The van der Waals surface area contributed by atoms with Crippen LogP contribution in [0.4, 0.5) is 0 Å². The normalized spacial score (nSPS) is 16.6. The maximum absolute atomic E-state index is 13.5. The summed E-state index contributed by atoms with van der Waals surface area (Å²) in [5, 5.41) is 0.990. The predicted octanol–water partition coefficient (Wildman–Crippen LogP) is 5.43. The lowest BCUT2D eigenvalue weighted by atomic mass is 9.74. The van der Waals surface area contributed by atoms with Crippen molar-refractivity contribution in [2.45, 2.75) is 31.7 Å². The lowest BCUT2D eigenvalue weighted by Gasteiger charge is -2.38. The highest BCUT2D eigenvalue weighted by atomic mass is 16.5. The summed E-state index contributed by atoms with van der Waals surface area (Å²) in [6, 6.07) is 22.6. The van der Waals surface area contributed by atoms with E-state index in [0.29, 0.717) is 32.0 Å². The molecule has 2 N–H and O–H groups in total. The first-order valence-corrected chi connectivity index (χ1v) is 11.9. The molecule has 4 aromatic rings. The molecule has 5 nitrogen and oxygen atoms in total. The number of carbonyl (C=O) groups is 1. The van der Waals surface area contributed by atoms with Crippen LogP contribution in [-0.2, 0) is 12.0 Å². The quantitative estimate of drug-likeness (QED) is 0.450. The number of piperidine rings is 1. The van der Waals surface area contributed by atoms with Gasteiger partial charge >= 0.3 is 0 Å². The summed E-state index contributed by atoms with van der Waals surface area (Å²) < 4.78 is 12.2. The van der Waals surface area contributed by atoms with E-state index in [1.54, 1.807) is 0 Å². The lowest BCUT2D eigenvalue weighted by Crippen LogP contribution is -2.46. The first kappa shape index (κ1) is 21.0. The zero-order chi connectivity index (χ0) is 23.3. The van der Waals surface area contributed by atoms with Crippen molar-refractivity contribution in [2.75, 3.05) is 19.7 Å². The van der Waals surface area contributed by atoms with Crippen molar-refractivity contribution in [2.24, 2.45) is 5.73 Å². The summed E-state index contributed by atoms with van der Waals surface area (Å²) >= 11 is 0. The summed E-state index contributed by atoms with van der Waals surface area (Å²) in [5.41, 5.74) is 12.1. The highest BCUT2D eigenvalue weighted by Gasteiger charge is 2.44. The predicted molar refractivity (Wildman–Crippen MR) is 133 cm³/mol. The molecular weight excluding hydrogens is 424 g/mol. The molecular formula is C29H28N2O3. The Morgan fingerprint density at radius 1 is 1.00 bits per heavy atom. The van der Waals surface area contributed by atoms with Gasteiger partial charge in [-0.05, 0) is 48.6 Å². The average Bonchev–Trinajstić information content (AvgIpc) is 3.41. The molecule has 5 heteroatoms. The number of rotatable bonds is 3. The molecule has 3 heterocycles. The number of benzene rings is 3. The molecule has 0 radical (unpaired) electrons. The van der Waals surface area contributed by atoms with E-state index >= 15 is 0 Å². The Morgan fingerprint density at radius 2 is 1.79 bits per heavy atom. The van der Waals surface area contributed by atoms with Crippen LogP contribution in [0.15, 0.2) is 71.1 Å². The highest BCUT2D eigenvalue weighted by molar-refractivity contribution is 5.99. The van der Waals surface area contributed by atoms with Crippen LogP contribution in [0.1, 0.15) is 40.1 Å². The van der Waals surface area contributed by atoms with E-state index in [-0.39, 0.29) is 11.3 Å². The molecule has 1 amide bonds. The molecule has 0 atom stereocenters. The van der Waals surface area contributed by atoms with Gasteiger partial charge in [-0.1, -0.05) is 54.6 Å². The molecule has 6 rings (SSSR count). The van der Waals surface area contributed by atoms with Crippen molar-refractivity contribution in [1.82, 2.24) is 4.90 Å². The third kappa shape index (κ3) is 3.31. The van der Waals surface area contributed by atoms with Crippen LogP contribution < -0.4 is 10.5 Å². The standard InChI is InChI=1S/C29H28N2O3/c1-19-23-9-8-22(21-5-3-2-4-6-21)16-26(23)34-27(19)28(32)31-13-11-29(12-14-31)18-33-25-10-7-20(17-30)15-24(25)29/h2-10,15-16H,11-14,17-18,30H2,1H3. The number of nitrogens with zero attached hydrogens (tertiary/aromatic N) is 1. The van der Waals surface area contributed by atoms with E-state index in [0.717, 1.165) is 51.8 Å². The van der Waals surface area contributed by atoms with Gasteiger partial charge in [0, 0.05) is 41.6 Å². The number of furan rings is 1. The van der Waals surface area contributed by atoms with Gasteiger partial charge in [0.2, 0.25) is 0 Å². The van der Waals surface area contributed by atoms with Gasteiger partial charge in [-0.15, -0.1) is 0 Å². The molecule has 172 valence electrons. The van der Waals surface area contributed by atoms with Gasteiger partial charge < -0.3 is 19.8 Å². The minimum atomic E-state index is -0.0369. The number of hydrogen-bond acceptors (Lipinski definition) is 4. The second-order valence-electron chi connectivity index (χ2n) is 9.53. The monoisotopic (exact) mass is 452 g/mol. The number of aryl methyl sites for hydroxylation is 1. The third-order valence-electron chi connectivity index (χ3n) is 7.60. The molecule has 0 saturated carbocycles. The van der Waals surface area contributed by atoms with E-state index < -0.39 is 0 Å². The van der Waals surface area contributed by atoms with Gasteiger partial charge in [0.25, 0.3) is 5.91 Å². The topological polar surface area (TPSA) is 68.7 Å². The first-order valence-electron chi connectivity index (χ1n) is 11.9. The minimum absolute atomic E-state index is 0.0281. The smallest absolute Gasteiger partial charge is 0.289 e. The maximum Gasteiger partial charge on any atom is 0.289 e. The summed E-state index contributed by atoms with van der Waals surface area (Å²) in [4.78, 5) is 15.4. The molecule has 1 spiro atoms. The van der Waals surface area contributed by atoms with Gasteiger partial charge in [0.15, 0.2) is 5.76 Å². The molecule has 1 saturated heterocycles. The van der Waals surface area contributed by atoms with Crippen LogP contribution in [0.3, 0.4) is 0 Å². The fraction of sp³-hybridized carbons (Fsp3) is 0.276. The Morgan fingerprint density at radius 3 is 2.56 bits per heavy atom. The molecule has 1 aromatic heterocycles. The molecule has 2 aliphatic heterocycles. The fourth-order valence-corrected chi connectivity index (χ4v) is 5.47. The van der Waals surface area contributed by atoms with Crippen molar-refractivity contribution in [1.29, 1.82) is 0 Å². The fourth-order valence-electron chi connectivity index (χ4n) is 5.47. The lowest BCUT2D eigenvalue weighted by molar-refractivity contribution is 0.0617. The summed E-state index contributed by atoms with van der Waals surface area (Å²) in [7, 11) is 0. The Labute approximate surface area is 199 Å². The number of ether oxygens (including phenoxy) is 1. The molecule has 1 fully saturated rings. The van der Waals surface area contributed by atoms with Gasteiger partial charge in [0.1, 0.15) is 11.3 Å². The zero-order valence-electron chi connectivity index (χ0n) is 19.3. The molecule has 0 unspecified atom stereocenters. The number of fused-ring (bicyclic) bond motifs is 3. The number of likely N-dealkylation sites (tertiary alicyclic amines) is 1. The molecule has 0 bridgehead atoms. The van der Waals surface area contributed by atoms with Gasteiger partial charge in [-0.25, -0.2) is 0 Å². The third-order valence-corrected chi connectivity index (χ3v) is 7.60. The Bertz CT molecular complexity index is 1380. The number of nitrogens with two attached hydrogens (primary N) is 1. The van der Waals surface area contributed by atoms with Crippen LogP contribution in [0, 0.1) is 6.92 Å². The molecule has 0 aliphatic carbocycles. The summed E-state index contributed by atoms with van der Waals surface area (Å²) in [6.45, 7) is 4.53. The summed E-state index contributed by atoms with van der Waals surface area (Å²) in [5.74, 6) is 1.38. The number of carbonyl (C=O) groups excluding carboxylic acids is 1. The second-order valence-corrected chi connectivity index (χ2v) is 9.53. The van der Waals surface area contributed by atoms with E-state index in [2.05, 4.69) is 30.3 Å². The number of hydrogen-bond donors (Lipinski definition) is 1. The highest BCUT2D eigenvalue weighted by Crippen LogP contribution is 2.46. The van der Waals surface area contributed by atoms with Crippen LogP contribution in [0.25, 0.3) is 22.1 Å². The zero-order valence-corrected chi connectivity index (χ0v) is 19.3. The largest absolute Gasteiger partial charge is 0.492 e. The van der Waals surface area contributed by atoms with Crippen molar-refractivity contribution in [3.63, 3.8) is 0 Å². The van der Waals surface area contributed by atoms with Gasteiger partial charge in [0.05, 0.1) is 6.61 Å². The average molecular weight is 453 g/mol. The molecule has 3 aromatic carbocycles. The van der Waals surface area contributed by atoms with E-state index in [1.807, 2.05) is 48.2 Å². The number of amides is 1. The van der Waals surface area contributed by atoms with Crippen LogP contribution in [-0.4, -0.2) is 30.5 Å². The van der Waals surface area contributed by atoms with Crippen molar-refractivity contribution < 1.29 is 13.9 Å². The van der Waals surface area contributed by atoms with Crippen LogP contribution in [0.5, 0.6) is 5.75 Å². The van der Waals surface area contributed by atoms with Crippen LogP contribution >= 0.6 is 0 Å². The SMILES string of the molecule is Cc1c(C(=O)N2CCC3(CC2)COc2ccc(CN)cc23)oc2cc(-c3ccccc3)ccc12. The molecule has 2 aliphatic rings. The van der Waals surface area contributed by atoms with Crippen LogP contribution in [0.2, 0.25) is 0 Å².